The average Bonchev–Trinajstić information content (AvgIpc) is 2.57. The van der Waals surface area contributed by atoms with Crippen molar-refractivity contribution in [3.8, 4) is 5.69 Å². The number of benzene rings is 1. The monoisotopic (exact) mass is 399 g/mol. The number of hydrogen-bond donors (Lipinski definition) is 0. The van der Waals surface area contributed by atoms with Crippen LogP contribution in [0, 0.1) is 3.57 Å². The highest BCUT2D eigenvalue weighted by Gasteiger charge is 2.03. The molecular weight excluding hydrogens is 392 g/mol. The number of nitrogens with one attached hydrogen (secondary N) is 1. The standard InChI is InChI=1S/C8H6IN3.HI/c9-7-3-1-2-4-8(7)12-6-10-5-11-12;/h1-6H;1H. The van der Waals surface area contributed by atoms with E-state index in [1.807, 2.05) is 22.9 Å². The second-order valence-electron chi connectivity index (χ2n) is 2.34. The summed E-state index contributed by atoms with van der Waals surface area (Å²) in [5.74, 6) is 0. The lowest BCUT2D eigenvalue weighted by Gasteiger charge is -1.98. The van der Waals surface area contributed by atoms with Gasteiger partial charge in [0.25, 0.3) is 0 Å². The Bertz CT molecular complexity index is 373. The zero-order valence-corrected chi connectivity index (χ0v) is 10.9. The van der Waals surface area contributed by atoms with Gasteiger partial charge < -0.3 is 24.0 Å². The number of halogens is 2. The number of H-pyrrole nitrogens is 1. The van der Waals surface area contributed by atoms with Gasteiger partial charge >= 0.3 is 6.33 Å². The Hall–Kier alpha value is -0.180. The van der Waals surface area contributed by atoms with Crippen LogP contribution in [0.15, 0.2) is 36.9 Å². The highest BCUT2D eigenvalue weighted by atomic mass is 127. The zero-order chi connectivity index (χ0) is 8.39. The molecule has 5 heteroatoms. The van der Waals surface area contributed by atoms with Gasteiger partial charge in [0.1, 0.15) is 5.69 Å². The molecule has 0 unspecified atom stereocenters. The van der Waals surface area contributed by atoms with Crippen LogP contribution in [-0.2, 0) is 0 Å². The molecule has 0 aliphatic rings. The summed E-state index contributed by atoms with van der Waals surface area (Å²) in [4.78, 5) is 3.94. The van der Waals surface area contributed by atoms with Gasteiger partial charge in [-0.2, -0.15) is 5.10 Å². The first kappa shape index (κ1) is 10.9. The van der Waals surface area contributed by atoms with Gasteiger partial charge in [-0.05, 0) is 39.7 Å². The first-order chi connectivity index (χ1) is 5.88. The quantitative estimate of drug-likeness (QED) is 0.527. The van der Waals surface area contributed by atoms with Crippen LogP contribution in [0.1, 0.15) is 0 Å². The third-order valence-electron chi connectivity index (χ3n) is 1.57. The van der Waals surface area contributed by atoms with Gasteiger partial charge in [-0.25, -0.2) is 0 Å². The SMILES string of the molecule is Ic1ccccc1-n1cnc[nH+]1.[I-]. The topological polar surface area (TPSA) is 32.0 Å². The van der Waals surface area contributed by atoms with Crippen LogP contribution >= 0.6 is 22.6 Å². The van der Waals surface area contributed by atoms with E-state index in [0.717, 1.165) is 5.69 Å². The summed E-state index contributed by atoms with van der Waals surface area (Å²) < 4.78 is 3.08. The Morgan fingerprint density at radius 1 is 1.31 bits per heavy atom. The van der Waals surface area contributed by atoms with Crippen LogP contribution in [0.3, 0.4) is 0 Å². The maximum Gasteiger partial charge on any atom is 0.304 e. The highest BCUT2D eigenvalue weighted by Crippen LogP contribution is 2.13. The molecule has 0 fully saturated rings. The molecule has 0 aliphatic carbocycles. The molecular formula is C8H7I2N3. The average molecular weight is 399 g/mol. The molecule has 0 atom stereocenters. The number of aromatic nitrogens is 3. The van der Waals surface area contributed by atoms with Crippen LogP contribution in [0.2, 0.25) is 0 Å². The molecule has 0 saturated heterocycles. The second kappa shape index (κ2) is 4.89. The molecule has 2 rings (SSSR count). The number of nitrogens with zero attached hydrogens (tertiary/aromatic N) is 2. The molecule has 0 saturated carbocycles. The fourth-order valence-corrected chi connectivity index (χ4v) is 1.65. The Morgan fingerprint density at radius 3 is 2.69 bits per heavy atom. The van der Waals surface area contributed by atoms with Gasteiger partial charge in [0.15, 0.2) is 0 Å². The molecule has 1 aromatic heterocycles. The van der Waals surface area contributed by atoms with E-state index in [1.54, 1.807) is 12.7 Å². The normalized spacial score (nSPS) is 9.31. The van der Waals surface area contributed by atoms with Crippen LogP contribution in [0.25, 0.3) is 5.69 Å². The van der Waals surface area contributed by atoms with E-state index in [0.29, 0.717) is 0 Å². The maximum atomic E-state index is 3.94. The molecule has 1 N–H and O–H groups in total. The van der Waals surface area contributed by atoms with E-state index in [9.17, 15) is 0 Å². The third kappa shape index (κ3) is 2.39. The molecule has 0 aliphatic heterocycles. The van der Waals surface area contributed by atoms with Crippen LogP contribution < -0.4 is 29.1 Å². The van der Waals surface area contributed by atoms with Gasteiger partial charge in [-0.1, -0.05) is 12.1 Å². The van der Waals surface area contributed by atoms with Crippen LogP contribution in [0.5, 0.6) is 0 Å². The van der Waals surface area contributed by atoms with Crippen molar-refractivity contribution in [3.63, 3.8) is 0 Å². The molecule has 0 bridgehead atoms. The van der Waals surface area contributed by atoms with E-state index in [4.69, 9.17) is 0 Å². The predicted molar refractivity (Wildman–Crippen MR) is 52.8 cm³/mol. The summed E-state index contributed by atoms with van der Waals surface area (Å²) in [6.45, 7) is 0. The van der Waals surface area contributed by atoms with Gasteiger partial charge in [-0.15, -0.1) is 4.68 Å². The highest BCUT2D eigenvalue weighted by molar-refractivity contribution is 14.1. The van der Waals surface area contributed by atoms with Gasteiger partial charge in [0, 0.05) is 3.57 Å². The fraction of sp³-hybridized carbons (Fsp3) is 0. The summed E-state index contributed by atoms with van der Waals surface area (Å²) in [6, 6.07) is 8.12. The largest absolute Gasteiger partial charge is 1.00 e. The van der Waals surface area contributed by atoms with Crippen molar-refractivity contribution in [1.29, 1.82) is 0 Å². The maximum absolute atomic E-state index is 3.94. The van der Waals surface area contributed by atoms with Crippen molar-refractivity contribution in [2.24, 2.45) is 0 Å². The predicted octanol–water partition coefficient (Wildman–Crippen LogP) is -1.70. The van der Waals surface area contributed by atoms with E-state index < -0.39 is 0 Å². The number of hydrogen-bond acceptors (Lipinski definition) is 1. The van der Waals surface area contributed by atoms with Crippen molar-refractivity contribution in [3.05, 3.63) is 40.5 Å². The van der Waals surface area contributed by atoms with Crippen molar-refractivity contribution in [1.82, 2.24) is 9.67 Å². The minimum atomic E-state index is 0. The van der Waals surface area contributed by atoms with Crippen molar-refractivity contribution in [2.75, 3.05) is 0 Å². The summed E-state index contributed by atoms with van der Waals surface area (Å²) in [7, 11) is 0. The van der Waals surface area contributed by atoms with Crippen molar-refractivity contribution in [2.45, 2.75) is 0 Å². The first-order valence-corrected chi connectivity index (χ1v) is 4.61. The van der Waals surface area contributed by atoms with Gasteiger partial charge in [0.05, 0.1) is 0 Å². The number of aromatic amines is 1. The Labute approximate surface area is 107 Å². The first-order valence-electron chi connectivity index (χ1n) is 3.53. The lowest BCUT2D eigenvalue weighted by atomic mass is 10.3. The summed E-state index contributed by atoms with van der Waals surface area (Å²) in [5, 5.41) is 3.00. The van der Waals surface area contributed by atoms with Gasteiger partial charge in [-0.3, -0.25) is 0 Å². The lowest BCUT2D eigenvalue weighted by molar-refractivity contribution is -0.475. The van der Waals surface area contributed by atoms with Crippen LogP contribution in [-0.4, -0.2) is 9.67 Å². The smallest absolute Gasteiger partial charge is 0.304 e. The molecule has 13 heavy (non-hydrogen) atoms. The minimum absolute atomic E-state index is 0. The molecule has 1 aromatic carbocycles. The second-order valence-corrected chi connectivity index (χ2v) is 3.51. The van der Waals surface area contributed by atoms with Crippen LogP contribution in [0.4, 0.5) is 0 Å². The molecule has 68 valence electrons. The third-order valence-corrected chi connectivity index (χ3v) is 2.48. The Morgan fingerprint density at radius 2 is 2.08 bits per heavy atom. The molecule has 0 radical (unpaired) electrons. The van der Waals surface area contributed by atoms with E-state index >= 15 is 0 Å². The molecule has 0 amide bonds. The van der Waals surface area contributed by atoms with Crippen molar-refractivity contribution >= 4 is 22.6 Å². The van der Waals surface area contributed by atoms with E-state index in [-0.39, 0.29) is 24.0 Å². The fourth-order valence-electron chi connectivity index (χ4n) is 1.01. The molecule has 3 nitrogen and oxygen atoms in total. The molecule has 0 spiro atoms. The van der Waals surface area contributed by atoms with E-state index in [1.165, 1.54) is 3.57 Å². The molecule has 1 heterocycles. The summed E-state index contributed by atoms with van der Waals surface area (Å²) >= 11 is 2.29. The van der Waals surface area contributed by atoms with Crippen molar-refractivity contribution < 1.29 is 29.1 Å². The van der Waals surface area contributed by atoms with E-state index in [2.05, 4.69) is 38.7 Å². The summed E-state index contributed by atoms with van der Waals surface area (Å²) in [5.41, 5.74) is 1.12. The minimum Gasteiger partial charge on any atom is -1.00 e. The Kier molecular flexibility index (Phi) is 4.10. The number of rotatable bonds is 1. The zero-order valence-electron chi connectivity index (χ0n) is 6.61. The molecule has 2 aromatic rings. The Balaban J connectivity index is 0.000000845. The van der Waals surface area contributed by atoms with Gasteiger partial charge in [0.2, 0.25) is 6.33 Å². The number of para-hydroxylation sites is 1. The summed E-state index contributed by atoms with van der Waals surface area (Å²) in [6.07, 6.45) is 3.40. The lowest BCUT2D eigenvalue weighted by Crippen LogP contribution is -3.00.